The van der Waals surface area contributed by atoms with Crippen LogP contribution in [0.3, 0.4) is 0 Å². The summed E-state index contributed by atoms with van der Waals surface area (Å²) in [6, 6.07) is 56.7. The van der Waals surface area contributed by atoms with E-state index in [1.54, 1.807) is 11.3 Å². The Morgan fingerprint density at radius 3 is 2.11 bits per heavy atom. The molecule has 0 bridgehead atoms. The Hall–Kier alpha value is -7.28. The van der Waals surface area contributed by atoms with Crippen molar-refractivity contribution in [1.29, 1.82) is 0 Å². The van der Waals surface area contributed by atoms with Gasteiger partial charge in [-0.05, 0) is 76.5 Å². The quantitative estimate of drug-likeness (QED) is 0.182. The molecule has 0 spiro atoms. The number of para-hydroxylation sites is 2. The first kappa shape index (κ1) is 29.1. The topological polar surface area (TPSA) is 48.8 Å². The van der Waals surface area contributed by atoms with Gasteiger partial charge in [-0.2, -0.15) is 0 Å². The summed E-state index contributed by atoms with van der Waals surface area (Å²) in [5.41, 5.74) is 12.8. The summed E-state index contributed by atoms with van der Waals surface area (Å²) in [5, 5.41) is 10.8. The molecule has 0 N–H and O–H groups in total. The predicted molar refractivity (Wildman–Crippen MR) is 233 cm³/mol. The highest BCUT2D eigenvalue weighted by atomic mass is 32.1. The van der Waals surface area contributed by atoms with Crippen LogP contribution < -0.4 is 0 Å². The molecular weight excluding hydrogens is 705 g/mol. The van der Waals surface area contributed by atoms with Crippen LogP contribution in [0.5, 0.6) is 0 Å². The van der Waals surface area contributed by atoms with Crippen molar-refractivity contribution < 1.29 is 4.42 Å². The molecular formula is C50H26N4OS. The van der Waals surface area contributed by atoms with Crippen LogP contribution in [-0.4, -0.2) is 19.1 Å². The first-order valence-corrected chi connectivity index (χ1v) is 19.7. The molecule has 5 nitrogen and oxygen atoms in total. The van der Waals surface area contributed by atoms with Crippen molar-refractivity contribution in [2.75, 3.05) is 0 Å². The largest absolute Gasteiger partial charge is 0.456 e. The van der Waals surface area contributed by atoms with Crippen LogP contribution in [0.1, 0.15) is 0 Å². The Balaban J connectivity index is 1.13. The summed E-state index contributed by atoms with van der Waals surface area (Å²) < 4.78 is 13.5. The maximum atomic E-state index is 6.56. The van der Waals surface area contributed by atoms with Crippen LogP contribution >= 0.6 is 11.3 Å². The fourth-order valence-corrected chi connectivity index (χ4v) is 10.9. The maximum absolute atomic E-state index is 6.56. The highest BCUT2D eigenvalue weighted by Crippen LogP contribution is 2.51. The highest BCUT2D eigenvalue weighted by molar-refractivity contribution is 7.26. The minimum atomic E-state index is 0.657. The second kappa shape index (κ2) is 10.3. The molecule has 0 saturated heterocycles. The average molecular weight is 731 g/mol. The number of hydrogen-bond acceptors (Lipinski definition) is 4. The van der Waals surface area contributed by atoms with Crippen LogP contribution in [0.2, 0.25) is 0 Å². The van der Waals surface area contributed by atoms with Crippen molar-refractivity contribution in [2.24, 2.45) is 0 Å². The lowest BCUT2D eigenvalue weighted by Gasteiger charge is -2.12. The SMILES string of the molecule is c1ccc(-n2c3ccccc3c3ccc(-c4nc(-n5c6ccc7cccc8c7c6c6c7c(ccc65)oc5cccc-8c57)nc5c4sc4ccccc45)cc32)cc1. The second-order valence-electron chi connectivity index (χ2n) is 14.9. The van der Waals surface area contributed by atoms with Gasteiger partial charge in [-0.25, -0.2) is 9.97 Å². The number of rotatable bonds is 3. The van der Waals surface area contributed by atoms with Gasteiger partial charge in [0.15, 0.2) is 0 Å². The molecule has 5 aromatic heterocycles. The zero-order valence-corrected chi connectivity index (χ0v) is 30.4. The molecule has 14 rings (SSSR count). The Bertz CT molecular complexity index is 3880. The molecule has 0 unspecified atom stereocenters. The van der Waals surface area contributed by atoms with Gasteiger partial charge in [0.05, 0.1) is 38.0 Å². The van der Waals surface area contributed by atoms with Gasteiger partial charge in [-0.15, -0.1) is 11.3 Å². The van der Waals surface area contributed by atoms with E-state index in [0.717, 1.165) is 65.6 Å². The summed E-state index contributed by atoms with van der Waals surface area (Å²) in [4.78, 5) is 11.1. The standard InChI is InChI=1S/C50H26N4OS/c1-2-11-29(12-3-1)53-35-17-6-4-13-30(35)31-22-20-28(26-38(31)53)47-49-48(34-14-5-7-19-41(34)56-49)52-50(51-47)54-36-23-21-27-10-8-15-32-33-16-9-18-39-43(33)46-40(55-39)25-24-37(54)45(46)44(36)42(27)32/h1-26H. The number of furan rings is 1. The van der Waals surface area contributed by atoms with E-state index in [4.69, 9.17) is 14.4 Å². The third-order valence-corrected chi connectivity index (χ3v) is 13.2. The van der Waals surface area contributed by atoms with E-state index in [9.17, 15) is 0 Å². The molecule has 1 aliphatic carbocycles. The van der Waals surface area contributed by atoms with Crippen LogP contribution in [-0.2, 0) is 0 Å². The van der Waals surface area contributed by atoms with E-state index in [2.05, 4.69) is 167 Å². The molecule has 0 atom stereocenters. The molecule has 0 aliphatic heterocycles. The zero-order chi connectivity index (χ0) is 36.2. The van der Waals surface area contributed by atoms with Gasteiger partial charge in [0, 0.05) is 53.7 Å². The van der Waals surface area contributed by atoms with E-state index in [-0.39, 0.29) is 0 Å². The fraction of sp³-hybridized carbons (Fsp3) is 0. The third-order valence-electron chi connectivity index (χ3n) is 12.1. The molecule has 13 aromatic rings. The Morgan fingerprint density at radius 2 is 1.20 bits per heavy atom. The van der Waals surface area contributed by atoms with Gasteiger partial charge in [0.1, 0.15) is 11.2 Å². The minimum absolute atomic E-state index is 0.657. The van der Waals surface area contributed by atoms with Gasteiger partial charge in [0.2, 0.25) is 5.95 Å². The van der Waals surface area contributed by atoms with E-state index >= 15 is 0 Å². The number of thiophene rings is 1. The predicted octanol–water partition coefficient (Wildman–Crippen LogP) is 13.7. The molecule has 56 heavy (non-hydrogen) atoms. The normalized spacial score (nSPS) is 12.6. The third kappa shape index (κ3) is 3.56. The van der Waals surface area contributed by atoms with Crippen molar-refractivity contribution in [1.82, 2.24) is 19.1 Å². The van der Waals surface area contributed by atoms with E-state index in [1.165, 1.54) is 59.0 Å². The van der Waals surface area contributed by atoms with Crippen LogP contribution in [0.25, 0.3) is 131 Å². The van der Waals surface area contributed by atoms with E-state index < -0.39 is 0 Å². The summed E-state index contributed by atoms with van der Waals surface area (Å²) >= 11 is 1.77. The molecule has 1 aliphatic rings. The molecule has 5 heterocycles. The number of hydrogen-bond donors (Lipinski definition) is 0. The van der Waals surface area contributed by atoms with E-state index in [1.807, 2.05) is 0 Å². The van der Waals surface area contributed by atoms with Crippen molar-refractivity contribution in [3.05, 3.63) is 158 Å². The minimum Gasteiger partial charge on any atom is -0.456 e. The van der Waals surface area contributed by atoms with Crippen molar-refractivity contribution >= 4 is 108 Å². The summed E-state index contributed by atoms with van der Waals surface area (Å²) in [5.74, 6) is 0.657. The van der Waals surface area contributed by atoms with Crippen molar-refractivity contribution in [3.63, 3.8) is 0 Å². The van der Waals surface area contributed by atoms with Gasteiger partial charge >= 0.3 is 0 Å². The van der Waals surface area contributed by atoms with E-state index in [0.29, 0.717) is 5.95 Å². The van der Waals surface area contributed by atoms with Crippen LogP contribution in [0.4, 0.5) is 0 Å². The lowest BCUT2D eigenvalue weighted by Crippen LogP contribution is -2.03. The molecule has 0 saturated carbocycles. The van der Waals surface area contributed by atoms with Gasteiger partial charge < -0.3 is 8.98 Å². The Morgan fingerprint density at radius 1 is 0.464 bits per heavy atom. The zero-order valence-electron chi connectivity index (χ0n) is 29.6. The first-order valence-electron chi connectivity index (χ1n) is 18.9. The van der Waals surface area contributed by atoms with Crippen molar-refractivity contribution in [2.45, 2.75) is 0 Å². The number of benzene rings is 8. The summed E-state index contributed by atoms with van der Waals surface area (Å²) in [6.07, 6.45) is 0. The van der Waals surface area contributed by atoms with Gasteiger partial charge in [-0.1, -0.05) is 103 Å². The van der Waals surface area contributed by atoms with Crippen molar-refractivity contribution in [3.8, 4) is 34.0 Å². The lowest BCUT2D eigenvalue weighted by molar-refractivity contribution is 0.669. The molecule has 0 radical (unpaired) electrons. The average Bonchev–Trinajstić information content (AvgIpc) is 3.98. The summed E-state index contributed by atoms with van der Waals surface area (Å²) in [7, 11) is 0. The lowest BCUT2D eigenvalue weighted by atomic mass is 9.95. The fourth-order valence-electron chi connectivity index (χ4n) is 9.79. The Labute approximate surface area is 321 Å². The number of fused-ring (bicyclic) bond motifs is 7. The molecule has 6 heteroatoms. The molecule has 0 fully saturated rings. The number of nitrogens with zero attached hydrogens (tertiary/aromatic N) is 4. The molecule has 0 amide bonds. The monoisotopic (exact) mass is 730 g/mol. The molecule has 258 valence electrons. The smallest absolute Gasteiger partial charge is 0.235 e. The Kier molecular flexibility index (Phi) is 5.34. The van der Waals surface area contributed by atoms with Crippen LogP contribution in [0, 0.1) is 0 Å². The second-order valence-corrected chi connectivity index (χ2v) is 15.9. The molecule has 8 aromatic carbocycles. The maximum Gasteiger partial charge on any atom is 0.235 e. The van der Waals surface area contributed by atoms with Gasteiger partial charge in [-0.3, -0.25) is 4.57 Å². The van der Waals surface area contributed by atoms with Gasteiger partial charge in [0.25, 0.3) is 0 Å². The highest BCUT2D eigenvalue weighted by Gasteiger charge is 2.28. The summed E-state index contributed by atoms with van der Waals surface area (Å²) in [6.45, 7) is 0. The number of aromatic nitrogens is 4. The van der Waals surface area contributed by atoms with Crippen LogP contribution in [0.15, 0.2) is 162 Å². The first-order chi connectivity index (χ1) is 27.8.